The van der Waals surface area contributed by atoms with Crippen LogP contribution in [0, 0.1) is 5.92 Å². The highest BCUT2D eigenvalue weighted by atomic mass is 19.4. The van der Waals surface area contributed by atoms with Gasteiger partial charge in [0.05, 0.1) is 12.5 Å². The first-order valence-corrected chi connectivity index (χ1v) is 8.19. The Kier molecular flexibility index (Phi) is 6.33. The van der Waals surface area contributed by atoms with Crippen LogP contribution in [0.1, 0.15) is 30.1 Å². The molecule has 2 rings (SSSR count). The normalized spacial score (nSPS) is 15.6. The van der Waals surface area contributed by atoms with E-state index < -0.39 is 30.6 Å². The van der Waals surface area contributed by atoms with Gasteiger partial charge < -0.3 is 19.5 Å². The third-order valence-electron chi connectivity index (χ3n) is 4.09. The van der Waals surface area contributed by atoms with Gasteiger partial charge in [-0.25, -0.2) is 4.79 Å². The number of carboxylic acids is 1. The number of benzene rings is 1. The number of hydrogen-bond donors (Lipinski definition) is 1. The number of nitrogens with zero attached hydrogens (tertiary/aromatic N) is 1. The Bertz CT molecular complexity index is 654. The number of likely N-dealkylation sites (tertiary alicyclic amines) is 1. The van der Waals surface area contributed by atoms with Crippen molar-refractivity contribution in [1.82, 2.24) is 4.90 Å². The Hall–Kier alpha value is -2.45. The third kappa shape index (κ3) is 5.03. The molecule has 1 amide bonds. The minimum absolute atomic E-state index is 0.0320. The summed E-state index contributed by atoms with van der Waals surface area (Å²) in [7, 11) is 0. The number of carboxylic acid groups (broad SMARTS) is 1. The lowest BCUT2D eigenvalue weighted by Gasteiger charge is -2.33. The van der Waals surface area contributed by atoms with Gasteiger partial charge in [-0.1, -0.05) is 0 Å². The standard InChI is InChI=1S/C17H20F3NO5/c1-2-25-14-9-11(3-4-13(14)26-10-15(22)23)16(24)21-7-5-12(6-8-21)17(18,19)20/h3-4,9,12H,2,5-8,10H2,1H3,(H,22,23). The number of carbonyl (C=O) groups excluding carboxylic acids is 1. The Balaban J connectivity index is 2.09. The van der Waals surface area contributed by atoms with Crippen LogP contribution in [-0.4, -0.2) is 54.4 Å². The molecule has 26 heavy (non-hydrogen) atoms. The number of amides is 1. The number of halogens is 3. The van der Waals surface area contributed by atoms with E-state index in [1.807, 2.05) is 0 Å². The number of piperidine rings is 1. The number of hydrogen-bond acceptors (Lipinski definition) is 4. The zero-order chi connectivity index (χ0) is 19.3. The van der Waals surface area contributed by atoms with Crippen LogP contribution in [0.4, 0.5) is 13.2 Å². The maximum atomic E-state index is 12.7. The zero-order valence-electron chi connectivity index (χ0n) is 14.2. The predicted octanol–water partition coefficient (Wildman–Crippen LogP) is 2.96. The topological polar surface area (TPSA) is 76.1 Å². The molecule has 0 aromatic heterocycles. The second kappa shape index (κ2) is 8.29. The van der Waals surface area contributed by atoms with Crippen molar-refractivity contribution >= 4 is 11.9 Å². The molecule has 9 heteroatoms. The van der Waals surface area contributed by atoms with Crippen LogP contribution in [-0.2, 0) is 4.79 Å². The average molecular weight is 375 g/mol. The van der Waals surface area contributed by atoms with Gasteiger partial charge >= 0.3 is 12.1 Å². The Labute approximate surface area is 148 Å². The molecule has 0 bridgehead atoms. The van der Waals surface area contributed by atoms with Gasteiger partial charge in [-0.05, 0) is 38.0 Å². The lowest BCUT2D eigenvalue weighted by Crippen LogP contribution is -2.42. The zero-order valence-corrected chi connectivity index (χ0v) is 14.2. The van der Waals surface area contributed by atoms with Crippen molar-refractivity contribution in [1.29, 1.82) is 0 Å². The summed E-state index contributed by atoms with van der Waals surface area (Å²) in [6, 6.07) is 4.28. The van der Waals surface area contributed by atoms with Crippen molar-refractivity contribution in [2.75, 3.05) is 26.3 Å². The summed E-state index contributed by atoms with van der Waals surface area (Å²) >= 11 is 0. The van der Waals surface area contributed by atoms with E-state index in [9.17, 15) is 22.8 Å². The third-order valence-corrected chi connectivity index (χ3v) is 4.09. The lowest BCUT2D eigenvalue weighted by atomic mass is 9.96. The highest BCUT2D eigenvalue weighted by Crippen LogP contribution is 2.35. The summed E-state index contributed by atoms with van der Waals surface area (Å²) in [5.41, 5.74) is 0.251. The average Bonchev–Trinajstić information content (AvgIpc) is 2.59. The van der Waals surface area contributed by atoms with Crippen LogP contribution < -0.4 is 9.47 Å². The van der Waals surface area contributed by atoms with E-state index in [1.54, 1.807) is 6.92 Å². The van der Waals surface area contributed by atoms with Crippen molar-refractivity contribution in [2.45, 2.75) is 25.9 Å². The van der Waals surface area contributed by atoms with E-state index in [4.69, 9.17) is 14.6 Å². The van der Waals surface area contributed by atoms with Gasteiger partial charge in [0, 0.05) is 18.7 Å². The molecule has 0 aliphatic carbocycles. The van der Waals surface area contributed by atoms with E-state index in [0.29, 0.717) is 0 Å². The van der Waals surface area contributed by atoms with Gasteiger partial charge in [0.25, 0.3) is 5.91 Å². The van der Waals surface area contributed by atoms with E-state index in [2.05, 4.69) is 0 Å². The van der Waals surface area contributed by atoms with E-state index in [0.717, 1.165) is 0 Å². The number of aliphatic carboxylic acids is 1. The molecule has 1 aliphatic heterocycles. The molecule has 1 N–H and O–H groups in total. The van der Waals surface area contributed by atoms with Gasteiger partial charge in [0.15, 0.2) is 18.1 Å². The summed E-state index contributed by atoms with van der Waals surface area (Å²) in [5.74, 6) is -2.53. The minimum Gasteiger partial charge on any atom is -0.490 e. The first-order chi connectivity index (χ1) is 12.2. The molecular formula is C17H20F3NO5. The summed E-state index contributed by atoms with van der Waals surface area (Å²) in [4.78, 5) is 24.5. The van der Waals surface area contributed by atoms with Gasteiger partial charge in [-0.3, -0.25) is 4.79 Å². The first kappa shape index (κ1) is 19.9. The maximum absolute atomic E-state index is 12.7. The summed E-state index contributed by atoms with van der Waals surface area (Å²) < 4.78 is 48.7. The molecule has 1 aromatic rings. The molecule has 0 saturated carbocycles. The van der Waals surface area contributed by atoms with Gasteiger partial charge in [-0.15, -0.1) is 0 Å². The van der Waals surface area contributed by atoms with Crippen molar-refractivity contribution in [3.63, 3.8) is 0 Å². The predicted molar refractivity (Wildman–Crippen MR) is 85.4 cm³/mol. The highest BCUT2D eigenvalue weighted by Gasteiger charge is 2.41. The molecule has 1 saturated heterocycles. The fourth-order valence-electron chi connectivity index (χ4n) is 2.76. The fourth-order valence-corrected chi connectivity index (χ4v) is 2.76. The Morgan fingerprint density at radius 1 is 1.19 bits per heavy atom. The van der Waals surface area contributed by atoms with E-state index >= 15 is 0 Å². The Morgan fingerprint density at radius 2 is 1.85 bits per heavy atom. The Morgan fingerprint density at radius 3 is 2.38 bits per heavy atom. The number of alkyl halides is 3. The van der Waals surface area contributed by atoms with Gasteiger partial charge in [0.1, 0.15) is 0 Å². The quantitative estimate of drug-likeness (QED) is 0.827. The maximum Gasteiger partial charge on any atom is 0.391 e. The smallest absolute Gasteiger partial charge is 0.391 e. The van der Waals surface area contributed by atoms with Crippen LogP contribution in [0.2, 0.25) is 0 Å². The summed E-state index contributed by atoms with van der Waals surface area (Å²) in [6.45, 7) is 1.50. The second-order valence-electron chi connectivity index (χ2n) is 5.89. The van der Waals surface area contributed by atoms with E-state index in [1.165, 1.54) is 23.1 Å². The molecule has 144 valence electrons. The molecule has 1 aromatic carbocycles. The molecule has 0 radical (unpaired) electrons. The van der Waals surface area contributed by atoms with Crippen molar-refractivity contribution < 1.29 is 37.3 Å². The number of ether oxygens (including phenoxy) is 2. The summed E-state index contributed by atoms with van der Waals surface area (Å²) in [5, 5.41) is 8.68. The fraction of sp³-hybridized carbons (Fsp3) is 0.529. The SMILES string of the molecule is CCOc1cc(C(=O)N2CCC(C(F)(F)F)CC2)ccc1OCC(=O)O. The van der Waals surface area contributed by atoms with Crippen LogP contribution in [0.15, 0.2) is 18.2 Å². The summed E-state index contributed by atoms with van der Waals surface area (Å²) in [6.07, 6.45) is -4.47. The van der Waals surface area contributed by atoms with Crippen LogP contribution in [0.5, 0.6) is 11.5 Å². The van der Waals surface area contributed by atoms with Gasteiger partial charge in [0.2, 0.25) is 0 Å². The molecule has 1 aliphatic rings. The number of carbonyl (C=O) groups is 2. The van der Waals surface area contributed by atoms with Crippen molar-refractivity contribution in [2.24, 2.45) is 5.92 Å². The van der Waals surface area contributed by atoms with Crippen LogP contribution >= 0.6 is 0 Å². The largest absolute Gasteiger partial charge is 0.490 e. The first-order valence-electron chi connectivity index (χ1n) is 8.19. The van der Waals surface area contributed by atoms with Crippen molar-refractivity contribution in [3.05, 3.63) is 23.8 Å². The van der Waals surface area contributed by atoms with Crippen LogP contribution in [0.25, 0.3) is 0 Å². The number of rotatable bonds is 6. The second-order valence-corrected chi connectivity index (χ2v) is 5.89. The van der Waals surface area contributed by atoms with Crippen LogP contribution in [0.3, 0.4) is 0 Å². The highest BCUT2D eigenvalue weighted by molar-refractivity contribution is 5.95. The molecular weight excluding hydrogens is 355 g/mol. The lowest BCUT2D eigenvalue weighted by molar-refractivity contribution is -0.183. The molecule has 0 spiro atoms. The molecule has 0 atom stereocenters. The van der Waals surface area contributed by atoms with E-state index in [-0.39, 0.29) is 49.6 Å². The molecule has 1 heterocycles. The molecule has 0 unspecified atom stereocenters. The molecule has 6 nitrogen and oxygen atoms in total. The molecule has 1 fully saturated rings. The minimum atomic E-state index is -4.24. The van der Waals surface area contributed by atoms with Crippen molar-refractivity contribution in [3.8, 4) is 11.5 Å². The van der Waals surface area contributed by atoms with Gasteiger partial charge in [-0.2, -0.15) is 13.2 Å². The monoisotopic (exact) mass is 375 g/mol.